The molecule has 0 saturated carbocycles. The molecule has 2 rings (SSSR count). The van der Waals surface area contributed by atoms with E-state index in [0.29, 0.717) is 17.4 Å². The highest BCUT2D eigenvalue weighted by Gasteiger charge is 2.04. The third-order valence-corrected chi connectivity index (χ3v) is 2.98. The Kier molecular flexibility index (Phi) is 4.30. The topological polar surface area (TPSA) is 49.4 Å². The highest BCUT2D eigenvalue weighted by Crippen LogP contribution is 2.26. The molecule has 0 aliphatic rings. The molecule has 0 heterocycles. The second-order valence-corrected chi connectivity index (χ2v) is 4.69. The second kappa shape index (κ2) is 5.95. The van der Waals surface area contributed by atoms with Gasteiger partial charge in [0.05, 0.1) is 11.0 Å². The first-order valence-corrected chi connectivity index (χ1v) is 6.20. The maximum Gasteiger partial charge on any atom is 0.138 e. The Morgan fingerprint density at radius 2 is 1.95 bits per heavy atom. The number of carboxylic acid groups (broad SMARTS) is 1. The van der Waals surface area contributed by atoms with Gasteiger partial charge in [-0.15, -0.1) is 0 Å². The van der Waals surface area contributed by atoms with Gasteiger partial charge in [-0.3, -0.25) is 0 Å². The van der Waals surface area contributed by atoms with Crippen LogP contribution in [-0.4, -0.2) is 5.97 Å². The number of halogens is 2. The summed E-state index contributed by atoms with van der Waals surface area (Å²) >= 11 is 11.8. The zero-order valence-corrected chi connectivity index (χ0v) is 11.2. The molecule has 0 unspecified atom stereocenters. The molecular weight excluding hydrogens is 287 g/mol. The van der Waals surface area contributed by atoms with Crippen molar-refractivity contribution in [2.45, 2.75) is 6.61 Å². The number of carbonyl (C=O) groups excluding carboxylic acids is 1. The van der Waals surface area contributed by atoms with Gasteiger partial charge in [-0.05, 0) is 41.5 Å². The Labute approximate surface area is 120 Å². The van der Waals surface area contributed by atoms with Crippen molar-refractivity contribution in [3.63, 3.8) is 0 Å². The van der Waals surface area contributed by atoms with Gasteiger partial charge in [-0.1, -0.05) is 35.3 Å². The average molecular weight is 296 g/mol. The molecule has 2 aromatic carbocycles. The molecule has 0 N–H and O–H groups in total. The van der Waals surface area contributed by atoms with Gasteiger partial charge in [-0.2, -0.15) is 0 Å². The number of hydrogen-bond acceptors (Lipinski definition) is 3. The molecule has 5 heteroatoms. The van der Waals surface area contributed by atoms with Gasteiger partial charge in [0.25, 0.3) is 0 Å². The van der Waals surface area contributed by atoms with Gasteiger partial charge < -0.3 is 14.6 Å². The number of hydrogen-bond donors (Lipinski definition) is 0. The predicted octanol–water partition coefficient (Wildman–Crippen LogP) is 2.94. The fraction of sp³-hybridized carbons (Fsp3) is 0.0714. The Morgan fingerprint density at radius 3 is 2.58 bits per heavy atom. The SMILES string of the molecule is O=C([O-])c1ccc(OCc2cccc(Cl)c2)c(Cl)c1. The van der Waals surface area contributed by atoms with Gasteiger partial charge in [-0.25, -0.2) is 0 Å². The monoisotopic (exact) mass is 295 g/mol. The summed E-state index contributed by atoms with van der Waals surface area (Å²) in [6.45, 7) is 0.297. The molecule has 0 spiro atoms. The molecular formula is C14H9Cl2O3-. The van der Waals surface area contributed by atoms with Crippen LogP contribution in [0.25, 0.3) is 0 Å². The fourth-order valence-corrected chi connectivity index (χ4v) is 1.98. The van der Waals surface area contributed by atoms with Crippen molar-refractivity contribution in [3.05, 3.63) is 63.6 Å². The van der Waals surface area contributed by atoms with Crippen LogP contribution >= 0.6 is 23.2 Å². The van der Waals surface area contributed by atoms with E-state index in [1.807, 2.05) is 12.1 Å². The standard InChI is InChI=1S/C14H10Cl2O3/c15-11-3-1-2-9(6-11)8-19-13-5-4-10(14(17)18)7-12(13)16/h1-7H,8H2,(H,17,18)/p-1. The summed E-state index contributed by atoms with van der Waals surface area (Å²) in [6.07, 6.45) is 0. The summed E-state index contributed by atoms with van der Waals surface area (Å²) < 4.78 is 5.51. The van der Waals surface area contributed by atoms with Crippen molar-refractivity contribution in [1.29, 1.82) is 0 Å². The Hall–Kier alpha value is -1.71. The van der Waals surface area contributed by atoms with Crippen molar-refractivity contribution in [2.24, 2.45) is 0 Å². The quantitative estimate of drug-likeness (QED) is 0.871. The van der Waals surface area contributed by atoms with Crippen LogP contribution < -0.4 is 9.84 Å². The van der Waals surface area contributed by atoms with Crippen LogP contribution in [0.4, 0.5) is 0 Å². The van der Waals surface area contributed by atoms with E-state index >= 15 is 0 Å². The van der Waals surface area contributed by atoms with E-state index in [1.165, 1.54) is 18.2 Å². The second-order valence-electron chi connectivity index (χ2n) is 3.85. The molecule has 2 aromatic rings. The summed E-state index contributed by atoms with van der Waals surface area (Å²) in [5.41, 5.74) is 0.910. The third-order valence-electron chi connectivity index (χ3n) is 2.45. The molecule has 0 aliphatic carbocycles. The van der Waals surface area contributed by atoms with Gasteiger partial charge in [0.1, 0.15) is 12.4 Å². The van der Waals surface area contributed by atoms with Crippen molar-refractivity contribution < 1.29 is 14.6 Å². The molecule has 0 fully saturated rings. The summed E-state index contributed by atoms with van der Waals surface area (Å²) in [6, 6.07) is 11.4. The summed E-state index contributed by atoms with van der Waals surface area (Å²) in [5, 5.41) is 11.5. The van der Waals surface area contributed by atoms with Crippen LogP contribution in [0.1, 0.15) is 15.9 Å². The Balaban J connectivity index is 2.10. The molecule has 0 atom stereocenters. The van der Waals surface area contributed by atoms with Crippen LogP contribution in [0.3, 0.4) is 0 Å². The average Bonchev–Trinajstić information content (AvgIpc) is 2.37. The van der Waals surface area contributed by atoms with Crippen molar-refractivity contribution in [3.8, 4) is 5.75 Å². The van der Waals surface area contributed by atoms with E-state index in [2.05, 4.69) is 0 Å². The number of aromatic carboxylic acids is 1. The van der Waals surface area contributed by atoms with Crippen LogP contribution in [0.2, 0.25) is 10.0 Å². The summed E-state index contributed by atoms with van der Waals surface area (Å²) in [7, 11) is 0. The number of carbonyl (C=O) groups is 1. The predicted molar refractivity (Wildman–Crippen MR) is 71.6 cm³/mol. The van der Waals surface area contributed by atoms with Gasteiger partial charge in [0.2, 0.25) is 0 Å². The van der Waals surface area contributed by atoms with E-state index < -0.39 is 5.97 Å². The third kappa shape index (κ3) is 3.63. The fourth-order valence-electron chi connectivity index (χ4n) is 1.53. The normalized spacial score (nSPS) is 10.2. The minimum Gasteiger partial charge on any atom is -0.545 e. The number of carboxylic acids is 1. The maximum atomic E-state index is 10.7. The van der Waals surface area contributed by atoms with Crippen LogP contribution in [0.15, 0.2) is 42.5 Å². The van der Waals surface area contributed by atoms with E-state index in [0.717, 1.165) is 5.56 Å². The molecule has 0 saturated heterocycles. The Bertz CT molecular complexity index is 611. The first-order chi connectivity index (χ1) is 9.06. The zero-order chi connectivity index (χ0) is 13.8. The molecule has 0 amide bonds. The van der Waals surface area contributed by atoms with Crippen molar-refractivity contribution >= 4 is 29.2 Å². The first kappa shape index (κ1) is 13.7. The molecule has 0 bridgehead atoms. The molecule has 98 valence electrons. The minimum atomic E-state index is -1.27. The number of rotatable bonds is 4. The summed E-state index contributed by atoms with van der Waals surface area (Å²) in [5.74, 6) is -0.866. The van der Waals surface area contributed by atoms with Crippen molar-refractivity contribution in [1.82, 2.24) is 0 Å². The molecule has 0 aliphatic heterocycles. The van der Waals surface area contributed by atoms with E-state index in [4.69, 9.17) is 27.9 Å². The highest BCUT2D eigenvalue weighted by atomic mass is 35.5. The molecule has 3 nitrogen and oxygen atoms in total. The van der Waals surface area contributed by atoms with E-state index in [-0.39, 0.29) is 10.6 Å². The van der Waals surface area contributed by atoms with Gasteiger partial charge >= 0.3 is 0 Å². The summed E-state index contributed by atoms with van der Waals surface area (Å²) in [4.78, 5) is 10.7. The first-order valence-electron chi connectivity index (χ1n) is 5.44. The zero-order valence-electron chi connectivity index (χ0n) is 9.73. The maximum absolute atomic E-state index is 10.7. The lowest BCUT2D eigenvalue weighted by Gasteiger charge is -2.10. The Morgan fingerprint density at radius 1 is 1.16 bits per heavy atom. The molecule has 0 aromatic heterocycles. The number of ether oxygens (including phenoxy) is 1. The highest BCUT2D eigenvalue weighted by molar-refractivity contribution is 6.32. The number of benzene rings is 2. The van der Waals surface area contributed by atoms with Crippen LogP contribution in [-0.2, 0) is 6.61 Å². The van der Waals surface area contributed by atoms with E-state index in [9.17, 15) is 9.90 Å². The molecule has 0 radical (unpaired) electrons. The van der Waals surface area contributed by atoms with E-state index in [1.54, 1.807) is 12.1 Å². The van der Waals surface area contributed by atoms with Crippen molar-refractivity contribution in [2.75, 3.05) is 0 Å². The minimum absolute atomic E-state index is 0.0140. The van der Waals surface area contributed by atoms with Crippen LogP contribution in [0, 0.1) is 0 Å². The van der Waals surface area contributed by atoms with Crippen LogP contribution in [0.5, 0.6) is 5.75 Å². The lowest BCUT2D eigenvalue weighted by Crippen LogP contribution is -2.22. The molecule has 19 heavy (non-hydrogen) atoms. The van der Waals surface area contributed by atoms with Gasteiger partial charge in [0, 0.05) is 5.02 Å². The smallest absolute Gasteiger partial charge is 0.138 e. The van der Waals surface area contributed by atoms with Gasteiger partial charge in [0.15, 0.2) is 0 Å². The lowest BCUT2D eigenvalue weighted by atomic mass is 10.2. The largest absolute Gasteiger partial charge is 0.545 e. The lowest BCUT2D eigenvalue weighted by molar-refractivity contribution is -0.255.